The molecular weight excluding hydrogens is 336 g/mol. The summed E-state index contributed by atoms with van der Waals surface area (Å²) in [6.45, 7) is 0.577. The average Bonchev–Trinajstić information content (AvgIpc) is 3.32. The van der Waals surface area contributed by atoms with E-state index in [2.05, 4.69) is 33.2 Å². The van der Waals surface area contributed by atoms with Crippen LogP contribution in [0, 0.1) is 11.3 Å². The van der Waals surface area contributed by atoms with Gasteiger partial charge in [0.25, 0.3) is 0 Å². The highest BCUT2D eigenvalue weighted by atomic mass is 15.5. The summed E-state index contributed by atoms with van der Waals surface area (Å²) in [5, 5.41) is 17.4. The highest BCUT2D eigenvalue weighted by molar-refractivity contribution is 5.74. The van der Waals surface area contributed by atoms with Gasteiger partial charge in [0.15, 0.2) is 0 Å². The minimum Gasteiger partial charge on any atom is -0.334 e. The molecule has 27 heavy (non-hydrogen) atoms. The van der Waals surface area contributed by atoms with E-state index in [-0.39, 0.29) is 0 Å². The van der Waals surface area contributed by atoms with Gasteiger partial charge in [0, 0.05) is 23.5 Å². The number of nitrogens with zero attached hydrogens (tertiary/aromatic N) is 6. The molecule has 0 bridgehead atoms. The van der Waals surface area contributed by atoms with Gasteiger partial charge in [-0.2, -0.15) is 5.26 Å². The van der Waals surface area contributed by atoms with Crippen molar-refractivity contribution in [2.45, 2.75) is 6.67 Å². The van der Waals surface area contributed by atoms with Crippen LogP contribution in [0.1, 0.15) is 5.56 Å². The molecule has 1 aromatic heterocycles. The molecular formula is C21H14N6. The van der Waals surface area contributed by atoms with Crippen LogP contribution in [0.3, 0.4) is 0 Å². The normalized spacial score (nSPS) is 11.1. The van der Waals surface area contributed by atoms with Crippen molar-refractivity contribution in [2.75, 3.05) is 0 Å². The minimum atomic E-state index is 0.577. The third kappa shape index (κ3) is 2.71. The molecule has 2 aliphatic rings. The van der Waals surface area contributed by atoms with E-state index in [0.717, 1.165) is 33.5 Å². The third-order valence-electron chi connectivity index (χ3n) is 4.58. The number of hydrogen-bond acceptors (Lipinski definition) is 4. The van der Waals surface area contributed by atoms with Gasteiger partial charge in [-0.25, -0.2) is 9.67 Å². The van der Waals surface area contributed by atoms with Gasteiger partial charge in [-0.3, -0.25) is 0 Å². The van der Waals surface area contributed by atoms with Gasteiger partial charge in [-0.05, 0) is 36.4 Å². The summed E-state index contributed by atoms with van der Waals surface area (Å²) in [6.07, 6.45) is 4.06. The van der Waals surface area contributed by atoms with Crippen molar-refractivity contribution in [3.05, 3.63) is 78.6 Å². The van der Waals surface area contributed by atoms with Crippen molar-refractivity contribution < 1.29 is 0 Å². The molecule has 3 aromatic rings. The molecule has 6 heteroatoms. The number of benzene rings is 2. The fourth-order valence-corrected chi connectivity index (χ4v) is 3.20. The molecule has 0 unspecified atom stereocenters. The Balaban J connectivity index is 1.49. The Kier molecular flexibility index (Phi) is 3.44. The van der Waals surface area contributed by atoms with E-state index in [4.69, 9.17) is 10.2 Å². The van der Waals surface area contributed by atoms with E-state index in [9.17, 15) is 0 Å². The van der Waals surface area contributed by atoms with Crippen LogP contribution in [0.2, 0.25) is 0 Å². The minimum absolute atomic E-state index is 0.577. The van der Waals surface area contributed by atoms with Gasteiger partial charge in [-0.1, -0.05) is 29.5 Å². The molecule has 6 nitrogen and oxygen atoms in total. The van der Waals surface area contributed by atoms with E-state index in [1.807, 2.05) is 65.5 Å². The van der Waals surface area contributed by atoms with Gasteiger partial charge in [-0.15, -0.1) is 5.10 Å². The summed E-state index contributed by atoms with van der Waals surface area (Å²) in [5.74, 6) is 0. The fourth-order valence-electron chi connectivity index (χ4n) is 3.20. The van der Waals surface area contributed by atoms with Crippen molar-refractivity contribution in [1.82, 2.24) is 24.5 Å². The molecule has 0 fully saturated rings. The van der Waals surface area contributed by atoms with Crippen molar-refractivity contribution >= 4 is 11.0 Å². The quantitative estimate of drug-likeness (QED) is 0.496. The van der Waals surface area contributed by atoms with Crippen LogP contribution in [0.15, 0.2) is 73.1 Å². The summed E-state index contributed by atoms with van der Waals surface area (Å²) in [7, 11) is 0. The number of nitriles is 1. The monoisotopic (exact) mass is 350 g/mol. The lowest BCUT2D eigenvalue weighted by molar-refractivity contribution is 0.543. The third-order valence-corrected chi connectivity index (χ3v) is 4.58. The summed E-state index contributed by atoms with van der Waals surface area (Å²) < 4.78 is 3.94. The zero-order chi connectivity index (χ0) is 18.2. The maximum Gasteiger partial charge on any atom is 0.118 e. The van der Waals surface area contributed by atoms with E-state index >= 15 is 0 Å². The van der Waals surface area contributed by atoms with Crippen LogP contribution >= 0.6 is 0 Å². The lowest BCUT2D eigenvalue weighted by Gasteiger charge is -2.08. The van der Waals surface area contributed by atoms with Crippen LogP contribution in [-0.2, 0) is 6.67 Å². The number of rotatable bonds is 3. The molecule has 0 saturated carbocycles. The molecule has 0 N–H and O–H groups in total. The molecule has 0 radical (unpaired) electrons. The van der Waals surface area contributed by atoms with Crippen molar-refractivity contribution in [2.24, 2.45) is 0 Å². The van der Waals surface area contributed by atoms with Gasteiger partial charge >= 0.3 is 0 Å². The zero-order valence-electron chi connectivity index (χ0n) is 14.3. The van der Waals surface area contributed by atoms with Crippen LogP contribution in [0.5, 0.6) is 0 Å². The Morgan fingerprint density at radius 1 is 0.926 bits per heavy atom. The maximum atomic E-state index is 8.94. The first-order chi connectivity index (χ1) is 13.3. The van der Waals surface area contributed by atoms with Crippen molar-refractivity contribution in [3.63, 3.8) is 0 Å². The second-order valence-corrected chi connectivity index (χ2v) is 6.35. The lowest BCUT2D eigenvalue weighted by atomic mass is 10.1. The summed E-state index contributed by atoms with van der Waals surface area (Å²) in [5.41, 5.74) is 6.43. The molecule has 0 spiro atoms. The number of aromatic nitrogens is 5. The largest absolute Gasteiger partial charge is 0.334 e. The molecule has 2 aromatic carbocycles. The number of pyridine rings is 1. The number of fused-ring (bicyclic) bond motifs is 2. The molecule has 2 aliphatic heterocycles. The van der Waals surface area contributed by atoms with Crippen LogP contribution in [0.4, 0.5) is 0 Å². The highest BCUT2D eigenvalue weighted by Gasteiger charge is 2.11. The zero-order valence-corrected chi connectivity index (χ0v) is 14.3. The molecule has 128 valence electrons. The van der Waals surface area contributed by atoms with Crippen molar-refractivity contribution in [1.29, 1.82) is 5.26 Å². The molecule has 0 atom stereocenters. The molecule has 0 saturated heterocycles. The van der Waals surface area contributed by atoms with Gasteiger partial charge in [0.05, 0.1) is 28.5 Å². The number of hydrogen-bond donors (Lipinski definition) is 0. The van der Waals surface area contributed by atoms with Crippen LogP contribution in [-0.4, -0.2) is 24.5 Å². The van der Waals surface area contributed by atoms with Gasteiger partial charge in [0.2, 0.25) is 0 Å². The first-order valence-electron chi connectivity index (χ1n) is 8.55. The summed E-state index contributed by atoms with van der Waals surface area (Å²) >= 11 is 0. The first-order valence-corrected chi connectivity index (χ1v) is 8.55. The number of para-hydroxylation sites is 1. The van der Waals surface area contributed by atoms with Crippen LogP contribution < -0.4 is 0 Å². The molecule has 0 aliphatic carbocycles. The van der Waals surface area contributed by atoms with Crippen LogP contribution in [0.25, 0.3) is 33.5 Å². The maximum absolute atomic E-state index is 8.94. The molecule has 0 amide bonds. The average molecular weight is 350 g/mol. The summed E-state index contributed by atoms with van der Waals surface area (Å²) in [6, 6.07) is 21.6. The van der Waals surface area contributed by atoms with Gasteiger partial charge < -0.3 is 4.57 Å². The Morgan fingerprint density at radius 2 is 1.78 bits per heavy atom. The molecule has 5 rings (SSSR count). The second-order valence-electron chi connectivity index (χ2n) is 6.35. The van der Waals surface area contributed by atoms with E-state index in [1.165, 1.54) is 0 Å². The SMILES string of the molecule is N#Cc1ccc(-c2cc3cn(Cn4nnc5ccccc54)ccc-3n2)cc1. The van der Waals surface area contributed by atoms with E-state index < -0.39 is 0 Å². The predicted molar refractivity (Wildman–Crippen MR) is 102 cm³/mol. The Hall–Kier alpha value is -3.98. The second kappa shape index (κ2) is 6.07. The Bertz CT molecular complexity index is 1260. The topological polar surface area (TPSA) is 72.3 Å². The standard InChI is InChI=1S/C21H14N6/c22-12-15-5-7-16(8-6-15)20-11-17-13-26(10-9-18(17)23-20)14-27-21-4-2-1-3-19(21)24-25-27/h1-11,13H,14H2. The lowest BCUT2D eigenvalue weighted by Crippen LogP contribution is -2.09. The predicted octanol–water partition coefficient (Wildman–Crippen LogP) is 3.78. The Morgan fingerprint density at radius 3 is 2.63 bits per heavy atom. The van der Waals surface area contributed by atoms with Gasteiger partial charge in [0.1, 0.15) is 12.2 Å². The van der Waals surface area contributed by atoms with E-state index in [1.54, 1.807) is 0 Å². The molecule has 3 heterocycles. The first kappa shape index (κ1) is 15.3. The highest BCUT2D eigenvalue weighted by Crippen LogP contribution is 2.28. The van der Waals surface area contributed by atoms with Crippen molar-refractivity contribution in [3.8, 4) is 28.6 Å². The summed E-state index contributed by atoms with van der Waals surface area (Å²) in [4.78, 5) is 4.70. The fraction of sp³-hybridized carbons (Fsp3) is 0.0476. The van der Waals surface area contributed by atoms with E-state index in [0.29, 0.717) is 12.2 Å². The smallest absolute Gasteiger partial charge is 0.118 e. The Labute approximate surface area is 155 Å².